The quantitative estimate of drug-likeness (QED) is 0.762. The first-order valence-corrected chi connectivity index (χ1v) is 6.88. The fourth-order valence-corrected chi connectivity index (χ4v) is 2.02. The Morgan fingerprint density at radius 3 is 2.18 bits per heavy atom. The topological polar surface area (TPSA) is 70.5 Å². The second-order valence-corrected chi connectivity index (χ2v) is 4.41. The standard InChI is InChI=1S/C16H18N2O4/c1-4-22-16(19)14(11-8-6-5-7-9-11)15-17-12(20-2)10-13(18-15)21-3/h5-10,14H,4H2,1-3H3. The molecule has 116 valence electrons. The van der Waals surface area contributed by atoms with E-state index < -0.39 is 11.9 Å². The Bertz CT molecular complexity index is 609. The molecule has 1 atom stereocenters. The number of rotatable bonds is 6. The van der Waals surface area contributed by atoms with Crippen LogP contribution in [0.4, 0.5) is 0 Å². The number of carbonyl (C=O) groups is 1. The van der Waals surface area contributed by atoms with E-state index >= 15 is 0 Å². The molecule has 0 aliphatic rings. The molecule has 0 aliphatic heterocycles. The maximum absolute atomic E-state index is 12.4. The number of aromatic nitrogens is 2. The van der Waals surface area contributed by atoms with Gasteiger partial charge in [-0.05, 0) is 12.5 Å². The molecule has 1 unspecified atom stereocenters. The molecule has 2 aromatic rings. The smallest absolute Gasteiger partial charge is 0.321 e. The van der Waals surface area contributed by atoms with Crippen molar-refractivity contribution in [3.05, 3.63) is 47.8 Å². The van der Waals surface area contributed by atoms with Gasteiger partial charge in [0.05, 0.1) is 26.9 Å². The number of nitrogens with zero attached hydrogens (tertiary/aromatic N) is 2. The first-order valence-electron chi connectivity index (χ1n) is 6.88. The summed E-state index contributed by atoms with van der Waals surface area (Å²) in [5.41, 5.74) is 0.747. The molecule has 1 aromatic carbocycles. The van der Waals surface area contributed by atoms with Crippen LogP contribution in [0.25, 0.3) is 0 Å². The molecule has 0 saturated carbocycles. The van der Waals surface area contributed by atoms with E-state index in [0.29, 0.717) is 11.8 Å². The van der Waals surface area contributed by atoms with Gasteiger partial charge in [0, 0.05) is 0 Å². The minimum Gasteiger partial charge on any atom is -0.481 e. The van der Waals surface area contributed by atoms with Crippen LogP contribution in [0, 0.1) is 0 Å². The molecule has 0 fully saturated rings. The Kier molecular flexibility index (Phi) is 5.30. The van der Waals surface area contributed by atoms with E-state index in [-0.39, 0.29) is 12.4 Å². The Hall–Kier alpha value is -2.63. The lowest BCUT2D eigenvalue weighted by atomic mass is 9.98. The predicted octanol–water partition coefficient (Wildman–Crippen LogP) is 2.19. The van der Waals surface area contributed by atoms with Gasteiger partial charge in [0.15, 0.2) is 5.82 Å². The Morgan fingerprint density at radius 2 is 1.68 bits per heavy atom. The molecule has 0 spiro atoms. The zero-order valence-electron chi connectivity index (χ0n) is 12.8. The average Bonchev–Trinajstić information content (AvgIpc) is 2.56. The van der Waals surface area contributed by atoms with Crippen LogP contribution in [-0.4, -0.2) is 36.8 Å². The molecular weight excluding hydrogens is 284 g/mol. The summed E-state index contributed by atoms with van der Waals surface area (Å²) < 4.78 is 15.4. The normalized spacial score (nSPS) is 11.6. The molecule has 0 bridgehead atoms. The van der Waals surface area contributed by atoms with Crippen molar-refractivity contribution in [3.8, 4) is 11.8 Å². The maximum atomic E-state index is 12.4. The summed E-state index contributed by atoms with van der Waals surface area (Å²) in [5, 5.41) is 0. The van der Waals surface area contributed by atoms with Crippen molar-refractivity contribution in [2.24, 2.45) is 0 Å². The molecule has 1 aromatic heterocycles. The first-order chi connectivity index (χ1) is 10.7. The number of hydrogen-bond donors (Lipinski definition) is 0. The predicted molar refractivity (Wildman–Crippen MR) is 80.1 cm³/mol. The second kappa shape index (κ2) is 7.40. The number of carbonyl (C=O) groups excluding carboxylic acids is 1. The van der Waals surface area contributed by atoms with E-state index in [1.54, 1.807) is 13.0 Å². The van der Waals surface area contributed by atoms with Gasteiger partial charge >= 0.3 is 5.97 Å². The molecular formula is C16H18N2O4. The van der Waals surface area contributed by atoms with E-state index in [1.165, 1.54) is 14.2 Å². The molecule has 6 heteroatoms. The van der Waals surface area contributed by atoms with Gasteiger partial charge < -0.3 is 14.2 Å². The number of esters is 1. The second-order valence-electron chi connectivity index (χ2n) is 4.41. The zero-order valence-corrected chi connectivity index (χ0v) is 12.8. The molecule has 2 rings (SSSR count). The maximum Gasteiger partial charge on any atom is 0.321 e. The number of methoxy groups -OCH3 is 2. The van der Waals surface area contributed by atoms with Gasteiger partial charge in [0.2, 0.25) is 11.8 Å². The summed E-state index contributed by atoms with van der Waals surface area (Å²) in [4.78, 5) is 20.9. The van der Waals surface area contributed by atoms with E-state index in [2.05, 4.69) is 9.97 Å². The number of benzene rings is 1. The minimum atomic E-state index is -0.731. The van der Waals surface area contributed by atoms with E-state index in [1.807, 2.05) is 30.3 Å². The van der Waals surface area contributed by atoms with Crippen LogP contribution in [0.3, 0.4) is 0 Å². The van der Waals surface area contributed by atoms with Crippen molar-refractivity contribution in [1.29, 1.82) is 0 Å². The van der Waals surface area contributed by atoms with Gasteiger partial charge in [-0.2, -0.15) is 9.97 Å². The summed E-state index contributed by atoms with van der Waals surface area (Å²) in [6, 6.07) is 10.8. The SMILES string of the molecule is CCOC(=O)C(c1ccccc1)c1nc(OC)cc(OC)n1. The average molecular weight is 302 g/mol. The molecule has 0 saturated heterocycles. The van der Waals surface area contributed by atoms with Crippen molar-refractivity contribution in [2.75, 3.05) is 20.8 Å². The molecule has 0 radical (unpaired) electrons. The third-order valence-electron chi connectivity index (χ3n) is 3.03. The van der Waals surface area contributed by atoms with Crippen LogP contribution < -0.4 is 9.47 Å². The molecule has 0 aliphatic carbocycles. The van der Waals surface area contributed by atoms with Gasteiger partial charge in [-0.25, -0.2) is 0 Å². The van der Waals surface area contributed by atoms with Crippen LogP contribution >= 0.6 is 0 Å². The van der Waals surface area contributed by atoms with Gasteiger partial charge in [0.1, 0.15) is 5.92 Å². The highest BCUT2D eigenvalue weighted by Gasteiger charge is 2.28. The largest absolute Gasteiger partial charge is 0.481 e. The molecule has 6 nitrogen and oxygen atoms in total. The van der Waals surface area contributed by atoms with Crippen LogP contribution in [0.1, 0.15) is 24.2 Å². The first kappa shape index (κ1) is 15.8. The third-order valence-corrected chi connectivity index (χ3v) is 3.03. The van der Waals surface area contributed by atoms with E-state index in [0.717, 1.165) is 5.56 Å². The van der Waals surface area contributed by atoms with Gasteiger partial charge in [-0.3, -0.25) is 4.79 Å². The van der Waals surface area contributed by atoms with Gasteiger partial charge in [-0.15, -0.1) is 0 Å². The highest BCUT2D eigenvalue weighted by Crippen LogP contribution is 2.27. The lowest BCUT2D eigenvalue weighted by Crippen LogP contribution is -2.20. The van der Waals surface area contributed by atoms with Gasteiger partial charge in [0.25, 0.3) is 0 Å². The molecule has 0 amide bonds. The highest BCUT2D eigenvalue weighted by atomic mass is 16.5. The van der Waals surface area contributed by atoms with Crippen LogP contribution in [0.2, 0.25) is 0 Å². The Labute approximate surface area is 129 Å². The Morgan fingerprint density at radius 1 is 1.09 bits per heavy atom. The number of hydrogen-bond acceptors (Lipinski definition) is 6. The molecule has 22 heavy (non-hydrogen) atoms. The molecule has 0 N–H and O–H groups in total. The van der Waals surface area contributed by atoms with Crippen molar-refractivity contribution in [2.45, 2.75) is 12.8 Å². The summed E-state index contributed by atoms with van der Waals surface area (Å²) in [6.45, 7) is 2.04. The summed E-state index contributed by atoms with van der Waals surface area (Å²) in [5.74, 6) is -0.214. The van der Waals surface area contributed by atoms with Crippen molar-refractivity contribution >= 4 is 5.97 Å². The fourth-order valence-electron chi connectivity index (χ4n) is 2.02. The van der Waals surface area contributed by atoms with E-state index in [4.69, 9.17) is 14.2 Å². The lowest BCUT2D eigenvalue weighted by Gasteiger charge is -2.16. The fraction of sp³-hybridized carbons (Fsp3) is 0.312. The van der Waals surface area contributed by atoms with Crippen molar-refractivity contribution in [3.63, 3.8) is 0 Å². The van der Waals surface area contributed by atoms with E-state index in [9.17, 15) is 4.79 Å². The zero-order chi connectivity index (χ0) is 15.9. The molecule has 1 heterocycles. The summed E-state index contributed by atoms with van der Waals surface area (Å²) in [6.07, 6.45) is 0. The summed E-state index contributed by atoms with van der Waals surface area (Å²) >= 11 is 0. The minimum absolute atomic E-state index is 0.279. The van der Waals surface area contributed by atoms with Gasteiger partial charge in [-0.1, -0.05) is 30.3 Å². The lowest BCUT2D eigenvalue weighted by molar-refractivity contribution is -0.144. The number of ether oxygens (including phenoxy) is 3. The van der Waals surface area contributed by atoms with Crippen LogP contribution in [0.5, 0.6) is 11.8 Å². The summed E-state index contributed by atoms with van der Waals surface area (Å²) in [7, 11) is 2.99. The van der Waals surface area contributed by atoms with Crippen LogP contribution in [-0.2, 0) is 9.53 Å². The van der Waals surface area contributed by atoms with Crippen molar-refractivity contribution < 1.29 is 19.0 Å². The highest BCUT2D eigenvalue weighted by molar-refractivity contribution is 5.81. The van der Waals surface area contributed by atoms with Crippen LogP contribution in [0.15, 0.2) is 36.4 Å². The monoisotopic (exact) mass is 302 g/mol. The van der Waals surface area contributed by atoms with Crippen molar-refractivity contribution in [1.82, 2.24) is 9.97 Å². The third kappa shape index (κ3) is 3.52. The Balaban J connectivity index is 2.51.